The van der Waals surface area contributed by atoms with Crippen LogP contribution < -0.4 is 0 Å². The zero-order valence-electron chi connectivity index (χ0n) is 7.08. The Hall–Kier alpha value is -0.620. The van der Waals surface area contributed by atoms with Crippen LogP contribution in [-0.2, 0) is 6.18 Å². The second kappa shape index (κ2) is 3.20. The number of alkyl halides is 3. The van der Waals surface area contributed by atoms with Gasteiger partial charge < -0.3 is 5.11 Å². The molecule has 1 heterocycles. The Bertz CT molecular complexity index is 330. The number of hydrogen-bond acceptors (Lipinski definition) is 3. The lowest BCUT2D eigenvalue weighted by Crippen LogP contribution is -2.26. The van der Waals surface area contributed by atoms with Crippen LogP contribution in [0.3, 0.4) is 0 Å². The van der Waals surface area contributed by atoms with Crippen molar-refractivity contribution in [3.05, 3.63) is 16.1 Å². The minimum atomic E-state index is -4.29. The Balaban J connectivity index is 2.11. The van der Waals surface area contributed by atoms with E-state index in [2.05, 4.69) is 4.98 Å². The maximum Gasteiger partial charge on any atom is 0.427 e. The number of aromatic nitrogens is 1. The first-order valence-electron chi connectivity index (χ1n) is 4.18. The van der Waals surface area contributed by atoms with Crippen LogP contribution in [0.1, 0.15) is 28.6 Å². The molecule has 2 nitrogen and oxygen atoms in total. The Morgan fingerprint density at radius 3 is 2.50 bits per heavy atom. The second-order valence-electron chi connectivity index (χ2n) is 3.38. The van der Waals surface area contributed by atoms with Crippen molar-refractivity contribution < 1.29 is 18.3 Å². The summed E-state index contributed by atoms with van der Waals surface area (Å²) in [6.07, 6.45) is -2.73. The molecular formula is C8H8F3NOS. The Kier molecular flexibility index (Phi) is 2.27. The third-order valence-electron chi connectivity index (χ3n) is 2.27. The number of thiazole rings is 1. The summed E-state index contributed by atoms with van der Waals surface area (Å²) < 4.78 is 36.6. The average molecular weight is 223 g/mol. The lowest BCUT2D eigenvalue weighted by atomic mass is 9.83. The van der Waals surface area contributed by atoms with Gasteiger partial charge in [-0.1, -0.05) is 0 Å². The largest absolute Gasteiger partial charge is 0.427 e. The lowest BCUT2D eigenvalue weighted by Gasteiger charge is -2.29. The molecule has 1 N–H and O–H groups in total. The first-order chi connectivity index (χ1) is 6.47. The molecule has 0 atom stereocenters. The summed E-state index contributed by atoms with van der Waals surface area (Å²) in [4.78, 5) is 3.07. The van der Waals surface area contributed by atoms with Crippen LogP contribution in [0.4, 0.5) is 13.2 Å². The Morgan fingerprint density at radius 1 is 1.43 bits per heavy atom. The number of aliphatic hydroxyl groups is 1. The van der Waals surface area contributed by atoms with Gasteiger partial charge in [0.05, 0.1) is 17.3 Å². The molecule has 0 radical (unpaired) electrons. The van der Waals surface area contributed by atoms with E-state index in [4.69, 9.17) is 5.11 Å². The van der Waals surface area contributed by atoms with Crippen LogP contribution in [0.15, 0.2) is 6.20 Å². The fourth-order valence-electron chi connectivity index (χ4n) is 1.40. The van der Waals surface area contributed by atoms with E-state index in [1.807, 2.05) is 0 Å². The van der Waals surface area contributed by atoms with Gasteiger partial charge in [0.1, 0.15) is 4.88 Å². The highest BCUT2D eigenvalue weighted by molar-refractivity contribution is 7.11. The van der Waals surface area contributed by atoms with E-state index in [0.717, 1.165) is 6.20 Å². The topological polar surface area (TPSA) is 33.1 Å². The maximum atomic E-state index is 12.2. The first-order valence-corrected chi connectivity index (χ1v) is 4.99. The van der Waals surface area contributed by atoms with Crippen molar-refractivity contribution in [1.82, 2.24) is 4.98 Å². The zero-order valence-corrected chi connectivity index (χ0v) is 7.90. The summed E-state index contributed by atoms with van der Waals surface area (Å²) in [7, 11) is 0. The maximum absolute atomic E-state index is 12.2. The average Bonchev–Trinajstić information content (AvgIpc) is 2.45. The Labute approximate surface area is 82.4 Å². The number of halogens is 3. The van der Waals surface area contributed by atoms with E-state index >= 15 is 0 Å². The van der Waals surface area contributed by atoms with Crippen LogP contribution in [0, 0.1) is 0 Å². The highest BCUT2D eigenvalue weighted by Gasteiger charge is 2.36. The molecule has 1 aliphatic rings. The van der Waals surface area contributed by atoms with Crippen LogP contribution in [0.5, 0.6) is 0 Å². The van der Waals surface area contributed by atoms with Crippen molar-refractivity contribution in [2.75, 3.05) is 0 Å². The van der Waals surface area contributed by atoms with E-state index in [1.54, 1.807) is 0 Å². The molecule has 0 saturated heterocycles. The van der Waals surface area contributed by atoms with Gasteiger partial charge >= 0.3 is 6.18 Å². The first kappa shape index (κ1) is 9.92. The van der Waals surface area contributed by atoms with Gasteiger partial charge in [-0.15, -0.1) is 11.3 Å². The number of aliphatic hydroxyl groups excluding tert-OH is 1. The second-order valence-corrected chi connectivity index (χ2v) is 4.44. The number of hydrogen-bond donors (Lipinski definition) is 1. The Morgan fingerprint density at radius 2 is 2.07 bits per heavy atom. The fraction of sp³-hybridized carbons (Fsp3) is 0.625. The summed E-state index contributed by atoms with van der Waals surface area (Å²) in [6.45, 7) is 0. The third-order valence-corrected chi connectivity index (χ3v) is 3.47. The van der Waals surface area contributed by atoms with Crippen molar-refractivity contribution in [2.24, 2.45) is 0 Å². The monoisotopic (exact) mass is 223 g/mol. The molecule has 2 rings (SSSR count). The van der Waals surface area contributed by atoms with Gasteiger partial charge in [0, 0.05) is 5.92 Å². The molecule has 0 amide bonds. The summed E-state index contributed by atoms with van der Waals surface area (Å²) >= 11 is 0.679. The highest BCUT2D eigenvalue weighted by atomic mass is 32.1. The van der Waals surface area contributed by atoms with E-state index < -0.39 is 11.1 Å². The van der Waals surface area contributed by atoms with Crippen LogP contribution in [-0.4, -0.2) is 16.2 Å². The molecule has 1 aliphatic carbocycles. The van der Waals surface area contributed by atoms with Crippen molar-refractivity contribution in [3.8, 4) is 0 Å². The summed E-state index contributed by atoms with van der Waals surface area (Å²) in [5.74, 6) is 0.0195. The molecule has 6 heteroatoms. The molecule has 0 unspecified atom stereocenters. The van der Waals surface area contributed by atoms with Gasteiger partial charge in [0.25, 0.3) is 0 Å². The van der Waals surface area contributed by atoms with E-state index in [9.17, 15) is 13.2 Å². The van der Waals surface area contributed by atoms with E-state index in [1.165, 1.54) is 0 Å². The van der Waals surface area contributed by atoms with Gasteiger partial charge in [-0.3, -0.25) is 0 Å². The molecule has 1 aromatic rings. The van der Waals surface area contributed by atoms with Crippen molar-refractivity contribution in [3.63, 3.8) is 0 Å². The van der Waals surface area contributed by atoms with E-state index in [0.29, 0.717) is 29.2 Å². The van der Waals surface area contributed by atoms with Crippen molar-refractivity contribution in [1.29, 1.82) is 0 Å². The molecule has 0 aromatic carbocycles. The van der Waals surface area contributed by atoms with Crippen LogP contribution >= 0.6 is 11.3 Å². The van der Waals surface area contributed by atoms with Gasteiger partial charge in [-0.05, 0) is 12.8 Å². The molecule has 0 aliphatic heterocycles. The number of nitrogens with zero attached hydrogens (tertiary/aromatic N) is 1. The van der Waals surface area contributed by atoms with Crippen molar-refractivity contribution >= 4 is 11.3 Å². The van der Waals surface area contributed by atoms with E-state index in [-0.39, 0.29) is 12.0 Å². The molecule has 78 valence electrons. The predicted octanol–water partition coefficient (Wildman–Crippen LogP) is 2.40. The molecule has 0 bridgehead atoms. The zero-order chi connectivity index (χ0) is 10.3. The third kappa shape index (κ3) is 1.76. The van der Waals surface area contributed by atoms with Crippen LogP contribution in [0.2, 0.25) is 0 Å². The molecule has 0 spiro atoms. The quantitative estimate of drug-likeness (QED) is 0.793. The highest BCUT2D eigenvalue weighted by Crippen LogP contribution is 2.41. The molecule has 14 heavy (non-hydrogen) atoms. The fourth-order valence-corrected chi connectivity index (χ4v) is 2.31. The molecule has 1 saturated carbocycles. The standard InChI is InChI=1S/C8H8F3NOS/c9-8(10,11)6-3-12-7(14-6)4-1-5(13)2-4/h3-5,13H,1-2H2. The van der Waals surface area contributed by atoms with Gasteiger partial charge in [-0.2, -0.15) is 13.2 Å². The number of rotatable bonds is 1. The minimum absolute atomic E-state index is 0.0195. The molecule has 1 fully saturated rings. The summed E-state index contributed by atoms with van der Waals surface area (Å²) in [6, 6.07) is 0. The van der Waals surface area contributed by atoms with Crippen molar-refractivity contribution in [2.45, 2.75) is 31.0 Å². The van der Waals surface area contributed by atoms with Gasteiger partial charge in [-0.25, -0.2) is 4.98 Å². The van der Waals surface area contributed by atoms with Gasteiger partial charge in [0.2, 0.25) is 0 Å². The van der Waals surface area contributed by atoms with Gasteiger partial charge in [0.15, 0.2) is 0 Å². The predicted molar refractivity (Wildman–Crippen MR) is 45.1 cm³/mol. The minimum Gasteiger partial charge on any atom is -0.393 e. The lowest BCUT2D eigenvalue weighted by molar-refractivity contribution is -0.134. The van der Waals surface area contributed by atoms with Crippen LogP contribution in [0.25, 0.3) is 0 Å². The summed E-state index contributed by atoms with van der Waals surface area (Å²) in [5, 5.41) is 9.49. The molecule has 1 aromatic heterocycles. The SMILES string of the molecule is OC1CC(c2ncc(C(F)(F)F)s2)C1. The smallest absolute Gasteiger partial charge is 0.393 e. The summed E-state index contributed by atoms with van der Waals surface area (Å²) in [5.41, 5.74) is 0. The normalized spacial score (nSPS) is 27.4. The molecular weight excluding hydrogens is 215 g/mol.